The molecule has 0 aromatic carbocycles. The van der Waals surface area contributed by atoms with E-state index in [9.17, 15) is 14.0 Å². The average Bonchev–Trinajstić information content (AvgIpc) is 3.74. The van der Waals surface area contributed by atoms with Gasteiger partial charge in [0.25, 0.3) is 0 Å². The molecule has 0 aliphatic heterocycles. The highest BCUT2D eigenvalue weighted by Gasteiger charge is 2.10. The zero-order chi connectivity index (χ0) is 32.3. The minimum Gasteiger partial charge on any atom is -0.465 e. The van der Waals surface area contributed by atoms with E-state index in [1.807, 2.05) is 50.8 Å². The van der Waals surface area contributed by atoms with E-state index in [4.69, 9.17) is 5.73 Å². The normalized spacial score (nSPS) is 11.5. The molecule has 2 atom stereocenters. The van der Waals surface area contributed by atoms with Crippen LogP contribution < -0.4 is 11.1 Å². The van der Waals surface area contributed by atoms with Crippen LogP contribution in [0.3, 0.4) is 0 Å². The van der Waals surface area contributed by atoms with Gasteiger partial charge in [-0.1, -0.05) is 0 Å². The molecule has 0 bridgehead atoms. The molecule has 6 aromatic heterocycles. The zero-order valence-electron chi connectivity index (χ0n) is 25.5. The summed E-state index contributed by atoms with van der Waals surface area (Å²) in [6.07, 6.45) is 10.0. The van der Waals surface area contributed by atoms with Crippen molar-refractivity contribution < 1.29 is 23.5 Å². The molecule has 0 fully saturated rings. The van der Waals surface area contributed by atoms with Crippen LogP contribution in [-0.4, -0.2) is 56.1 Å². The summed E-state index contributed by atoms with van der Waals surface area (Å²) in [5.74, 6) is -0.835. The summed E-state index contributed by atoms with van der Waals surface area (Å²) in [7, 11) is 2.60. The first-order valence-corrected chi connectivity index (χ1v) is 13.8. The summed E-state index contributed by atoms with van der Waals surface area (Å²) in [5.41, 5.74) is 10.3. The maximum atomic E-state index is 12.2. The Kier molecular flexibility index (Phi) is 12.7. The largest absolute Gasteiger partial charge is 0.465 e. The van der Waals surface area contributed by atoms with Gasteiger partial charge in [0.2, 0.25) is 5.95 Å². The Bertz CT molecular complexity index is 1860. The molecule has 6 rings (SSSR count). The molecule has 5 N–H and O–H groups in total. The molecule has 46 heavy (non-hydrogen) atoms. The van der Waals surface area contributed by atoms with Gasteiger partial charge < -0.3 is 30.5 Å². The summed E-state index contributed by atoms with van der Waals surface area (Å²) in [5, 5.41) is 5.47. The van der Waals surface area contributed by atoms with Crippen LogP contribution in [0.25, 0.3) is 22.1 Å². The number of rotatable bonds is 6. The number of aromatic nitrogens is 6. The summed E-state index contributed by atoms with van der Waals surface area (Å²) in [4.78, 5) is 44.3. The molecule has 6 aromatic rings. The van der Waals surface area contributed by atoms with E-state index in [-0.39, 0.29) is 30.1 Å². The van der Waals surface area contributed by atoms with Gasteiger partial charge in [-0.05, 0) is 73.5 Å². The number of H-pyrrole nitrogens is 2. The van der Waals surface area contributed by atoms with Gasteiger partial charge in [-0.3, -0.25) is 0 Å². The van der Waals surface area contributed by atoms with Gasteiger partial charge in [-0.15, -0.1) is 12.4 Å². The number of methoxy groups -OCH3 is 2. The number of hydrogen-bond acceptors (Lipinski definition) is 10. The minimum atomic E-state index is -0.613. The van der Waals surface area contributed by atoms with Gasteiger partial charge in [0.15, 0.2) is 0 Å². The van der Waals surface area contributed by atoms with Crippen molar-refractivity contribution in [1.29, 1.82) is 0 Å². The zero-order valence-corrected chi connectivity index (χ0v) is 26.3. The molecule has 0 amide bonds. The molecule has 14 heteroatoms. The van der Waals surface area contributed by atoms with Crippen molar-refractivity contribution in [2.75, 3.05) is 19.5 Å². The quantitative estimate of drug-likeness (QED) is 0.125. The van der Waals surface area contributed by atoms with Crippen molar-refractivity contribution >= 4 is 52.2 Å². The molecule has 0 aliphatic rings. The van der Waals surface area contributed by atoms with Gasteiger partial charge in [0.1, 0.15) is 17.1 Å². The number of ether oxygens (including phenoxy) is 2. The lowest BCUT2D eigenvalue weighted by Crippen LogP contribution is -2.09. The Morgan fingerprint density at radius 2 is 1.28 bits per heavy atom. The number of carbonyl (C=O) groups is 2. The van der Waals surface area contributed by atoms with Crippen molar-refractivity contribution in [1.82, 2.24) is 29.9 Å². The fourth-order valence-corrected chi connectivity index (χ4v) is 4.04. The standard InChI is InChI=1S/C16H16N4O2.C9H11N3.C7H6FNO2.ClH/c1-10(13-7-11-5-6-17-15(11)19-9-13)20-14-4-3-12(8-18-14)16(21)22-2;1-6(10)8-4-7-2-3-11-9(7)12-5-8;1-11-7(10)5-2-3-6(8)9-4-5;/h3-10H,1-2H3,(H,17,19)(H,18,20);2-6H,10H2,1H3,(H,11,12);2-4H,1H3;1H/t10-;6-;;/m00../s1. The maximum absolute atomic E-state index is 12.2. The number of pyridine rings is 4. The average molecular weight is 649 g/mol. The number of aromatic amines is 2. The summed E-state index contributed by atoms with van der Waals surface area (Å²) < 4.78 is 21.2. The van der Waals surface area contributed by atoms with E-state index in [1.165, 1.54) is 26.5 Å². The van der Waals surface area contributed by atoms with Crippen molar-refractivity contribution in [3.8, 4) is 0 Å². The predicted octanol–water partition coefficient (Wildman–Crippen LogP) is 5.93. The van der Waals surface area contributed by atoms with E-state index < -0.39 is 17.9 Å². The van der Waals surface area contributed by atoms with Crippen LogP contribution in [0.4, 0.5) is 10.2 Å². The number of anilines is 1. The smallest absolute Gasteiger partial charge is 0.339 e. The van der Waals surface area contributed by atoms with Gasteiger partial charge in [0, 0.05) is 54.0 Å². The highest BCUT2D eigenvalue weighted by atomic mass is 35.5. The second-order valence-corrected chi connectivity index (χ2v) is 9.81. The first-order valence-electron chi connectivity index (χ1n) is 13.8. The first-order chi connectivity index (χ1) is 21.7. The SMILES string of the molecule is COC(=O)c1ccc(F)nc1.COC(=O)c1ccc(N[C@@H](C)c2cnc3[nH]ccc3c2)nc1.C[C@H](N)c1cnc2[nH]ccc2c1.Cl. The third-order valence-electron chi connectivity index (χ3n) is 6.57. The lowest BCUT2D eigenvalue weighted by Gasteiger charge is -2.14. The van der Waals surface area contributed by atoms with Crippen LogP contribution in [-0.2, 0) is 9.47 Å². The highest BCUT2D eigenvalue weighted by molar-refractivity contribution is 5.89. The fraction of sp³-hybridized carbons (Fsp3) is 0.188. The number of esters is 2. The lowest BCUT2D eigenvalue weighted by molar-refractivity contribution is 0.0591. The van der Waals surface area contributed by atoms with E-state index >= 15 is 0 Å². The number of nitrogens with two attached hydrogens (primary N) is 1. The number of carbonyl (C=O) groups excluding carboxylic acids is 2. The molecule has 6 heterocycles. The highest BCUT2D eigenvalue weighted by Crippen LogP contribution is 2.21. The van der Waals surface area contributed by atoms with Gasteiger partial charge >= 0.3 is 11.9 Å². The van der Waals surface area contributed by atoms with Crippen LogP contribution in [0.2, 0.25) is 0 Å². The molecular weight excluding hydrogens is 615 g/mol. The second-order valence-electron chi connectivity index (χ2n) is 9.81. The molecule has 0 unspecified atom stereocenters. The lowest BCUT2D eigenvalue weighted by atomic mass is 10.1. The van der Waals surface area contributed by atoms with Crippen LogP contribution in [0.5, 0.6) is 0 Å². The third-order valence-corrected chi connectivity index (χ3v) is 6.57. The Morgan fingerprint density at radius 3 is 1.76 bits per heavy atom. The summed E-state index contributed by atoms with van der Waals surface area (Å²) in [6, 6.07) is 14.1. The molecule has 0 saturated heterocycles. The van der Waals surface area contributed by atoms with Crippen molar-refractivity contribution in [2.45, 2.75) is 25.9 Å². The molecule has 0 aliphatic carbocycles. The van der Waals surface area contributed by atoms with Crippen LogP contribution in [0.15, 0.2) is 85.7 Å². The van der Waals surface area contributed by atoms with Crippen molar-refractivity contribution in [2.24, 2.45) is 5.73 Å². The molecule has 0 spiro atoms. The predicted molar refractivity (Wildman–Crippen MR) is 175 cm³/mol. The van der Waals surface area contributed by atoms with Crippen LogP contribution in [0.1, 0.15) is 57.8 Å². The van der Waals surface area contributed by atoms with E-state index in [2.05, 4.69) is 56.8 Å². The maximum Gasteiger partial charge on any atom is 0.339 e. The number of nitrogens with one attached hydrogen (secondary N) is 3. The molecule has 0 radical (unpaired) electrons. The Balaban J connectivity index is 0.000000204. The Morgan fingerprint density at radius 1 is 0.761 bits per heavy atom. The van der Waals surface area contributed by atoms with Crippen molar-refractivity contribution in [3.63, 3.8) is 0 Å². The minimum absolute atomic E-state index is 0. The van der Waals surface area contributed by atoms with Crippen molar-refractivity contribution in [3.05, 3.63) is 114 Å². The third kappa shape index (κ3) is 9.30. The van der Waals surface area contributed by atoms with E-state index in [0.717, 1.165) is 45.5 Å². The van der Waals surface area contributed by atoms with Crippen LogP contribution in [0, 0.1) is 5.95 Å². The Hall–Kier alpha value is -5.40. The molecule has 0 saturated carbocycles. The van der Waals surface area contributed by atoms with Gasteiger partial charge in [0.05, 0.1) is 31.4 Å². The number of hydrogen-bond donors (Lipinski definition) is 4. The Labute approximate surface area is 270 Å². The molecule has 12 nitrogen and oxygen atoms in total. The van der Waals surface area contributed by atoms with E-state index in [1.54, 1.807) is 12.1 Å². The second kappa shape index (κ2) is 16.6. The topological polar surface area (TPSA) is 174 Å². The number of halogens is 2. The fourth-order valence-electron chi connectivity index (χ4n) is 4.04. The van der Waals surface area contributed by atoms with E-state index in [0.29, 0.717) is 11.4 Å². The van der Waals surface area contributed by atoms with Gasteiger partial charge in [-0.2, -0.15) is 4.39 Å². The first kappa shape index (κ1) is 35.1. The summed E-state index contributed by atoms with van der Waals surface area (Å²) in [6.45, 7) is 3.99. The monoisotopic (exact) mass is 648 g/mol. The number of nitrogens with zero attached hydrogens (tertiary/aromatic N) is 4. The summed E-state index contributed by atoms with van der Waals surface area (Å²) >= 11 is 0. The molecule has 240 valence electrons. The molecular formula is C32H34ClFN8O4. The van der Waals surface area contributed by atoms with Gasteiger partial charge in [-0.25, -0.2) is 29.5 Å². The van der Waals surface area contributed by atoms with Crippen LogP contribution >= 0.6 is 12.4 Å². The number of fused-ring (bicyclic) bond motifs is 2.